The molecule has 1 N–H and O–H groups in total. The third kappa shape index (κ3) is 3.24. The molecular weight excluding hydrogens is 266 g/mol. The normalized spacial score (nSPS) is 22.0. The maximum absolute atomic E-state index is 12.7. The second-order valence-electron chi connectivity index (χ2n) is 5.76. The molecule has 0 aliphatic carbocycles. The van der Waals surface area contributed by atoms with E-state index >= 15 is 0 Å². The summed E-state index contributed by atoms with van der Waals surface area (Å²) in [6.07, 6.45) is 0. The van der Waals surface area contributed by atoms with Crippen LogP contribution in [-0.2, 0) is 0 Å². The number of carbonyl (C=O) groups excluding carboxylic acids is 2. The van der Waals surface area contributed by atoms with Crippen LogP contribution in [0, 0.1) is 0 Å². The van der Waals surface area contributed by atoms with E-state index in [2.05, 4.69) is 12.2 Å². The van der Waals surface area contributed by atoms with Gasteiger partial charge in [-0.3, -0.25) is 9.59 Å². The van der Waals surface area contributed by atoms with E-state index in [9.17, 15) is 9.59 Å². The molecule has 2 unspecified atom stereocenters. The molecule has 2 amide bonds. The topological polar surface area (TPSA) is 52.7 Å². The fourth-order valence-electron chi connectivity index (χ4n) is 2.55. The predicted molar refractivity (Wildman–Crippen MR) is 82.4 cm³/mol. The summed E-state index contributed by atoms with van der Waals surface area (Å²) in [5.41, 5.74) is 1.12. The monoisotopic (exact) mass is 289 g/mol. The third-order valence-corrected chi connectivity index (χ3v) is 4.06. The Kier molecular flexibility index (Phi) is 4.63. The summed E-state index contributed by atoms with van der Waals surface area (Å²) in [6.45, 7) is 5.61. The molecule has 0 radical (unpaired) electrons. The molecule has 0 saturated carbocycles. The van der Waals surface area contributed by atoms with Gasteiger partial charge in [-0.05, 0) is 32.0 Å². The zero-order valence-corrected chi connectivity index (χ0v) is 13.1. The summed E-state index contributed by atoms with van der Waals surface area (Å²) < 4.78 is 0. The molecule has 114 valence electrons. The van der Waals surface area contributed by atoms with Crippen LogP contribution in [0.25, 0.3) is 0 Å². The van der Waals surface area contributed by atoms with E-state index < -0.39 is 0 Å². The van der Waals surface area contributed by atoms with Gasteiger partial charge in [0.15, 0.2) is 0 Å². The molecule has 1 aliphatic heterocycles. The molecule has 0 bridgehead atoms. The van der Waals surface area contributed by atoms with Crippen LogP contribution < -0.4 is 5.32 Å². The Morgan fingerprint density at radius 3 is 2.57 bits per heavy atom. The Balaban J connectivity index is 2.23. The number of carbonyl (C=O) groups is 2. The maximum Gasteiger partial charge on any atom is 0.254 e. The Bertz CT molecular complexity index is 542. The Morgan fingerprint density at radius 1 is 1.24 bits per heavy atom. The van der Waals surface area contributed by atoms with Gasteiger partial charge in [0.05, 0.1) is 0 Å². The highest BCUT2D eigenvalue weighted by Crippen LogP contribution is 2.15. The first kappa shape index (κ1) is 15.5. The molecule has 1 saturated heterocycles. The number of hydrogen-bond acceptors (Lipinski definition) is 3. The Morgan fingerprint density at radius 2 is 1.90 bits per heavy atom. The minimum atomic E-state index is -0.0913. The van der Waals surface area contributed by atoms with E-state index in [4.69, 9.17) is 0 Å². The number of amides is 2. The summed E-state index contributed by atoms with van der Waals surface area (Å²) >= 11 is 0. The second-order valence-corrected chi connectivity index (χ2v) is 5.76. The summed E-state index contributed by atoms with van der Waals surface area (Å²) in [6, 6.07) is 7.37. The first-order chi connectivity index (χ1) is 9.91. The second kappa shape index (κ2) is 6.26. The lowest BCUT2D eigenvalue weighted by atomic mass is 10.0. The number of benzene rings is 1. The van der Waals surface area contributed by atoms with Crippen LogP contribution in [0.3, 0.4) is 0 Å². The van der Waals surface area contributed by atoms with Gasteiger partial charge in [-0.15, -0.1) is 0 Å². The lowest BCUT2D eigenvalue weighted by Crippen LogP contribution is -2.57. The van der Waals surface area contributed by atoms with Crippen molar-refractivity contribution < 1.29 is 9.59 Å². The van der Waals surface area contributed by atoms with Crippen molar-refractivity contribution in [2.24, 2.45) is 0 Å². The Hall–Kier alpha value is -1.88. The van der Waals surface area contributed by atoms with E-state index in [1.807, 2.05) is 11.8 Å². The van der Waals surface area contributed by atoms with Gasteiger partial charge in [0.25, 0.3) is 11.8 Å². The predicted octanol–water partition coefficient (Wildman–Crippen LogP) is 1.21. The van der Waals surface area contributed by atoms with Crippen LogP contribution in [0.15, 0.2) is 24.3 Å². The first-order valence-corrected chi connectivity index (χ1v) is 7.28. The standard InChI is InChI=1S/C16H23N3O2/c1-11-12(2)19(9-8-17-11)16(21)14-7-5-6-13(10-14)15(20)18(3)4/h5-7,10-12,17H,8-9H2,1-4H3. The van der Waals surface area contributed by atoms with Gasteiger partial charge in [-0.1, -0.05) is 6.07 Å². The number of nitrogens with one attached hydrogen (secondary N) is 1. The lowest BCUT2D eigenvalue weighted by Gasteiger charge is -2.38. The van der Waals surface area contributed by atoms with Crippen LogP contribution >= 0.6 is 0 Å². The van der Waals surface area contributed by atoms with Gasteiger partial charge in [0.2, 0.25) is 0 Å². The quantitative estimate of drug-likeness (QED) is 0.890. The maximum atomic E-state index is 12.7. The van der Waals surface area contributed by atoms with Crippen LogP contribution in [0.2, 0.25) is 0 Å². The van der Waals surface area contributed by atoms with E-state index in [1.54, 1.807) is 38.4 Å². The highest BCUT2D eigenvalue weighted by atomic mass is 16.2. The molecule has 2 rings (SSSR count). The fraction of sp³-hybridized carbons (Fsp3) is 0.500. The fourth-order valence-corrected chi connectivity index (χ4v) is 2.55. The number of piperazine rings is 1. The van der Waals surface area contributed by atoms with Crippen molar-refractivity contribution in [2.75, 3.05) is 27.2 Å². The minimum absolute atomic E-state index is 0.00995. The first-order valence-electron chi connectivity index (χ1n) is 7.28. The van der Waals surface area contributed by atoms with E-state index in [1.165, 1.54) is 4.90 Å². The van der Waals surface area contributed by atoms with Gasteiger partial charge >= 0.3 is 0 Å². The van der Waals surface area contributed by atoms with Crippen LogP contribution in [-0.4, -0.2) is 60.9 Å². The third-order valence-electron chi connectivity index (χ3n) is 4.06. The van der Waals surface area contributed by atoms with Crippen LogP contribution in [0.1, 0.15) is 34.6 Å². The van der Waals surface area contributed by atoms with Gasteiger partial charge in [-0.25, -0.2) is 0 Å². The summed E-state index contributed by atoms with van der Waals surface area (Å²) in [5.74, 6) is -0.101. The molecule has 1 aromatic rings. The number of rotatable bonds is 2. The molecule has 1 heterocycles. The molecule has 1 aromatic carbocycles. The Labute approximate surface area is 125 Å². The van der Waals surface area contributed by atoms with Gasteiger partial charge in [0.1, 0.15) is 0 Å². The molecule has 2 atom stereocenters. The molecule has 1 aliphatic rings. The molecule has 5 nitrogen and oxygen atoms in total. The summed E-state index contributed by atoms with van der Waals surface area (Å²) in [5, 5.41) is 3.36. The molecule has 0 aromatic heterocycles. The van der Waals surface area contributed by atoms with E-state index in [0.717, 1.165) is 6.54 Å². The van der Waals surface area contributed by atoms with Crippen molar-refractivity contribution >= 4 is 11.8 Å². The van der Waals surface area contributed by atoms with Crippen molar-refractivity contribution in [2.45, 2.75) is 25.9 Å². The average Bonchev–Trinajstić information content (AvgIpc) is 2.48. The average molecular weight is 289 g/mol. The number of hydrogen-bond donors (Lipinski definition) is 1. The zero-order valence-electron chi connectivity index (χ0n) is 13.1. The highest BCUT2D eigenvalue weighted by Gasteiger charge is 2.28. The van der Waals surface area contributed by atoms with Gasteiger partial charge in [-0.2, -0.15) is 0 Å². The zero-order chi connectivity index (χ0) is 15.6. The summed E-state index contributed by atoms with van der Waals surface area (Å²) in [4.78, 5) is 28.1. The van der Waals surface area contributed by atoms with Gasteiger partial charge < -0.3 is 15.1 Å². The number of nitrogens with zero attached hydrogens (tertiary/aromatic N) is 2. The molecular formula is C16H23N3O2. The van der Waals surface area contributed by atoms with Crippen LogP contribution in [0.5, 0.6) is 0 Å². The minimum Gasteiger partial charge on any atom is -0.345 e. The highest BCUT2D eigenvalue weighted by molar-refractivity contribution is 5.99. The molecule has 0 spiro atoms. The molecule has 21 heavy (non-hydrogen) atoms. The smallest absolute Gasteiger partial charge is 0.254 e. The van der Waals surface area contributed by atoms with E-state index in [0.29, 0.717) is 17.7 Å². The van der Waals surface area contributed by atoms with E-state index in [-0.39, 0.29) is 23.9 Å². The largest absolute Gasteiger partial charge is 0.345 e. The van der Waals surface area contributed by atoms with Crippen LogP contribution in [0.4, 0.5) is 0 Å². The van der Waals surface area contributed by atoms with Crippen molar-refractivity contribution in [3.05, 3.63) is 35.4 Å². The van der Waals surface area contributed by atoms with Crippen molar-refractivity contribution in [1.29, 1.82) is 0 Å². The lowest BCUT2D eigenvalue weighted by molar-refractivity contribution is 0.0603. The van der Waals surface area contributed by atoms with Crippen molar-refractivity contribution in [3.8, 4) is 0 Å². The van der Waals surface area contributed by atoms with Crippen molar-refractivity contribution in [3.63, 3.8) is 0 Å². The summed E-state index contributed by atoms with van der Waals surface area (Å²) in [7, 11) is 3.41. The van der Waals surface area contributed by atoms with Gasteiger partial charge in [0, 0.05) is 50.4 Å². The van der Waals surface area contributed by atoms with Crippen molar-refractivity contribution in [1.82, 2.24) is 15.1 Å². The molecule has 5 heteroatoms. The molecule has 1 fully saturated rings. The SMILES string of the molecule is CC1NCCN(C(=O)c2cccc(C(=O)N(C)C)c2)C1C.